The van der Waals surface area contributed by atoms with Crippen molar-refractivity contribution in [1.82, 2.24) is 9.97 Å². The Morgan fingerprint density at radius 2 is 1.42 bits per heavy atom. The first kappa shape index (κ1) is 27.0. The number of pyridine rings is 2. The van der Waals surface area contributed by atoms with Crippen molar-refractivity contribution < 1.29 is 33.3 Å². The first-order valence-corrected chi connectivity index (χ1v) is 10.9. The molecule has 183 valence electrons. The monoisotopic (exact) mass is 659 g/mol. The molecule has 5 aromatic rings. The molecule has 0 fully saturated rings. The van der Waals surface area contributed by atoms with Gasteiger partial charge in [0.25, 0.3) is 0 Å². The first-order valence-electron chi connectivity index (χ1n) is 10.9. The van der Waals surface area contributed by atoms with E-state index in [1.54, 1.807) is 18.3 Å². The van der Waals surface area contributed by atoms with Gasteiger partial charge in [-0.15, -0.1) is 65.7 Å². The van der Waals surface area contributed by atoms with Gasteiger partial charge < -0.3 is 9.97 Å². The number of aryl methyl sites for hydroxylation is 1. The van der Waals surface area contributed by atoms with E-state index in [9.17, 15) is 13.2 Å². The maximum Gasteiger partial charge on any atom is 0.399 e. The zero-order valence-corrected chi connectivity index (χ0v) is 21.6. The van der Waals surface area contributed by atoms with Crippen molar-refractivity contribution >= 4 is 0 Å². The molecule has 0 aliphatic rings. The third-order valence-corrected chi connectivity index (χ3v) is 5.17. The summed E-state index contributed by atoms with van der Waals surface area (Å²) in [4.78, 5) is 8.48. The Balaban J connectivity index is 0.000000196. The molecule has 0 saturated carbocycles. The summed E-state index contributed by atoms with van der Waals surface area (Å²) in [6.45, 7) is 1.87. The fourth-order valence-electron chi connectivity index (χ4n) is 3.36. The molecule has 0 saturated heterocycles. The van der Waals surface area contributed by atoms with E-state index >= 15 is 0 Å². The maximum absolute atomic E-state index is 12.5. The molecule has 6 heteroatoms. The Hall–Kier alpha value is -3.60. The summed E-state index contributed by atoms with van der Waals surface area (Å²) in [7, 11) is 0. The zero-order valence-electron chi connectivity index (χ0n) is 19.3. The van der Waals surface area contributed by atoms with E-state index in [0.717, 1.165) is 29.0 Å². The number of nitrogens with zero attached hydrogens (tertiary/aromatic N) is 2. The fourth-order valence-corrected chi connectivity index (χ4v) is 3.36. The maximum atomic E-state index is 12.5. The molecule has 2 nitrogen and oxygen atoms in total. The Kier molecular flexibility index (Phi) is 9.29. The molecule has 0 aliphatic heterocycles. The fraction of sp³-hybridized carbons (Fsp3) is 0.0667. The molecule has 5 rings (SSSR count). The molecule has 2 heterocycles. The standard InChI is InChI=1S/C17H12N.C13H9F3N.Ir/c1-3-7-14(8-4-1)16-11-12-18-17(13-16)15-9-5-2-6-10-15;1-9-5-6-12(17-8-9)10-3-2-4-11(7-10)13(14,15)16;/h1-9,11-13H;2,4-8H,1H3;/q2*-1;. The normalized spacial score (nSPS) is 10.6. The Morgan fingerprint density at radius 3 is 2.08 bits per heavy atom. The summed E-state index contributed by atoms with van der Waals surface area (Å²) in [5.41, 5.74) is 5.47. The predicted octanol–water partition coefficient (Wildman–Crippen LogP) is 8.09. The minimum Gasteiger partial charge on any atom is -0.305 e. The van der Waals surface area contributed by atoms with E-state index in [-0.39, 0.29) is 20.1 Å². The summed E-state index contributed by atoms with van der Waals surface area (Å²) in [5.74, 6) is 0. The molecule has 2 aromatic heterocycles. The Bertz CT molecular complexity index is 1320. The molecule has 0 aliphatic carbocycles. The minimum absolute atomic E-state index is 0. The number of benzene rings is 3. The number of rotatable bonds is 3. The van der Waals surface area contributed by atoms with Gasteiger partial charge in [-0.05, 0) is 46.6 Å². The first-order chi connectivity index (χ1) is 16.9. The van der Waals surface area contributed by atoms with Crippen LogP contribution in [0.5, 0.6) is 0 Å². The van der Waals surface area contributed by atoms with E-state index in [0.29, 0.717) is 11.3 Å². The zero-order chi connectivity index (χ0) is 24.7. The van der Waals surface area contributed by atoms with Gasteiger partial charge in [0.15, 0.2) is 0 Å². The van der Waals surface area contributed by atoms with Crippen molar-refractivity contribution in [2.75, 3.05) is 0 Å². The van der Waals surface area contributed by atoms with Crippen LogP contribution in [0.4, 0.5) is 13.2 Å². The molecule has 0 amide bonds. The van der Waals surface area contributed by atoms with Gasteiger partial charge in [-0.25, -0.2) is 0 Å². The Labute approximate surface area is 222 Å². The quantitative estimate of drug-likeness (QED) is 0.183. The second-order valence-corrected chi connectivity index (χ2v) is 7.78. The number of aromatic nitrogens is 2. The molecule has 0 N–H and O–H groups in total. The van der Waals surface area contributed by atoms with Crippen LogP contribution in [0, 0.1) is 19.1 Å². The van der Waals surface area contributed by atoms with Crippen LogP contribution < -0.4 is 0 Å². The number of alkyl halides is 3. The second-order valence-electron chi connectivity index (χ2n) is 7.78. The van der Waals surface area contributed by atoms with Crippen LogP contribution in [0.25, 0.3) is 33.6 Å². The number of halogens is 3. The second kappa shape index (κ2) is 12.4. The van der Waals surface area contributed by atoms with Gasteiger partial charge in [0.1, 0.15) is 0 Å². The van der Waals surface area contributed by atoms with Crippen LogP contribution in [0.3, 0.4) is 0 Å². The minimum atomic E-state index is -4.34. The van der Waals surface area contributed by atoms with E-state index < -0.39 is 11.7 Å². The van der Waals surface area contributed by atoms with E-state index in [4.69, 9.17) is 0 Å². The Morgan fingerprint density at radius 1 is 0.667 bits per heavy atom. The average molecular weight is 659 g/mol. The van der Waals surface area contributed by atoms with Crippen LogP contribution in [0.15, 0.2) is 109 Å². The third kappa shape index (κ3) is 7.20. The smallest absolute Gasteiger partial charge is 0.305 e. The van der Waals surface area contributed by atoms with Crippen molar-refractivity contribution in [3.8, 4) is 33.6 Å². The van der Waals surface area contributed by atoms with Gasteiger partial charge in [0.2, 0.25) is 0 Å². The average Bonchev–Trinajstić information content (AvgIpc) is 2.90. The molecule has 0 spiro atoms. The van der Waals surface area contributed by atoms with Crippen molar-refractivity contribution in [2.45, 2.75) is 13.1 Å². The summed E-state index contributed by atoms with van der Waals surface area (Å²) in [6.07, 6.45) is -0.878. The van der Waals surface area contributed by atoms with Crippen LogP contribution in [0.2, 0.25) is 0 Å². The molecule has 3 aromatic carbocycles. The summed E-state index contributed by atoms with van der Waals surface area (Å²) >= 11 is 0. The van der Waals surface area contributed by atoms with Crippen molar-refractivity contribution in [3.05, 3.63) is 133 Å². The largest absolute Gasteiger partial charge is 0.399 e. The van der Waals surface area contributed by atoms with Crippen LogP contribution in [0.1, 0.15) is 11.1 Å². The van der Waals surface area contributed by atoms with E-state index in [1.165, 1.54) is 17.2 Å². The number of hydrogen-bond acceptors (Lipinski definition) is 2. The number of hydrogen-bond donors (Lipinski definition) is 0. The van der Waals surface area contributed by atoms with Crippen LogP contribution >= 0.6 is 0 Å². The summed E-state index contributed by atoms with van der Waals surface area (Å²) < 4.78 is 37.5. The van der Waals surface area contributed by atoms with Gasteiger partial charge in [-0.3, -0.25) is 0 Å². The molecule has 36 heavy (non-hydrogen) atoms. The van der Waals surface area contributed by atoms with Gasteiger partial charge >= 0.3 is 6.18 Å². The molecule has 0 atom stereocenters. The van der Waals surface area contributed by atoms with Gasteiger partial charge in [0.05, 0.1) is 0 Å². The van der Waals surface area contributed by atoms with Crippen molar-refractivity contribution in [1.29, 1.82) is 0 Å². The molecular weight excluding hydrogens is 638 g/mol. The van der Waals surface area contributed by atoms with E-state index in [2.05, 4.69) is 40.3 Å². The van der Waals surface area contributed by atoms with Gasteiger partial charge in [0, 0.05) is 32.5 Å². The van der Waals surface area contributed by atoms with Crippen LogP contribution in [-0.4, -0.2) is 9.97 Å². The topological polar surface area (TPSA) is 25.8 Å². The van der Waals surface area contributed by atoms with Gasteiger partial charge in [-0.2, -0.15) is 13.2 Å². The molecule has 0 bridgehead atoms. The summed E-state index contributed by atoms with van der Waals surface area (Å²) in [5, 5.41) is 0. The SMILES string of the molecule is Cc1ccc(-c2[c-]ccc(C(F)(F)F)c2)nc1.[Ir].[c-]1ccccc1-c1cc(-c2ccccc2)ccn1. The van der Waals surface area contributed by atoms with E-state index in [1.807, 2.05) is 61.7 Å². The van der Waals surface area contributed by atoms with Gasteiger partial charge in [-0.1, -0.05) is 48.5 Å². The van der Waals surface area contributed by atoms with Crippen molar-refractivity contribution in [3.63, 3.8) is 0 Å². The molecular formula is C30H21F3IrN2-2. The molecule has 0 unspecified atom stereocenters. The summed E-state index contributed by atoms with van der Waals surface area (Å²) in [6, 6.07) is 35.1. The van der Waals surface area contributed by atoms with Crippen LogP contribution in [-0.2, 0) is 26.3 Å². The third-order valence-electron chi connectivity index (χ3n) is 5.17. The van der Waals surface area contributed by atoms with Crippen molar-refractivity contribution in [2.24, 2.45) is 0 Å². The predicted molar refractivity (Wildman–Crippen MR) is 132 cm³/mol. The molecule has 1 radical (unpaired) electrons.